The van der Waals surface area contributed by atoms with Crippen molar-refractivity contribution in [2.45, 2.75) is 13.3 Å². The number of hydrogen-bond acceptors (Lipinski definition) is 1. The van der Waals surface area contributed by atoms with E-state index in [1.165, 1.54) is 0 Å². The summed E-state index contributed by atoms with van der Waals surface area (Å²) in [6.45, 7) is 2.90. The van der Waals surface area contributed by atoms with Gasteiger partial charge in [0.2, 0.25) is 0 Å². The van der Waals surface area contributed by atoms with Gasteiger partial charge in [0.05, 0.1) is 6.61 Å². The molecule has 1 heteroatoms. The number of ether oxygens (including phenoxy) is 1. The van der Waals surface area contributed by atoms with Gasteiger partial charge < -0.3 is 4.74 Å². The van der Waals surface area contributed by atoms with Crippen molar-refractivity contribution in [3.05, 3.63) is 0 Å². The second kappa shape index (κ2) is 7.08. The molecule has 0 aromatic rings. The van der Waals surface area contributed by atoms with Crippen LogP contribution in [-0.2, 0) is 4.74 Å². The molecule has 0 fully saturated rings. The highest BCUT2D eigenvalue weighted by molar-refractivity contribution is 4.94. The molecular weight excluding hydrogens is 112 g/mol. The monoisotopic (exact) mass is 122 g/mol. The van der Waals surface area contributed by atoms with E-state index in [9.17, 15) is 0 Å². The van der Waals surface area contributed by atoms with Crippen molar-refractivity contribution < 1.29 is 4.74 Å². The van der Waals surface area contributed by atoms with Gasteiger partial charge in [0, 0.05) is 6.42 Å². The van der Waals surface area contributed by atoms with Crippen LogP contribution in [0.15, 0.2) is 0 Å². The average Bonchev–Trinajstić information content (AvgIpc) is 1.89. The zero-order valence-electron chi connectivity index (χ0n) is 5.61. The second-order valence-electron chi connectivity index (χ2n) is 1.43. The molecule has 0 radical (unpaired) electrons. The molecule has 0 saturated heterocycles. The standard InChI is InChI=1S/C8H10O/c1-3-5-7-9-8-6-4-2/h1H,5,7-8H2,2H3. The molecule has 1 nitrogen and oxygen atoms in total. The molecule has 0 heterocycles. The largest absolute Gasteiger partial charge is 0.368 e. The van der Waals surface area contributed by atoms with Crippen molar-refractivity contribution in [2.75, 3.05) is 13.2 Å². The number of rotatable bonds is 3. The van der Waals surface area contributed by atoms with E-state index >= 15 is 0 Å². The van der Waals surface area contributed by atoms with E-state index in [-0.39, 0.29) is 0 Å². The van der Waals surface area contributed by atoms with Gasteiger partial charge in [0.25, 0.3) is 0 Å². The van der Waals surface area contributed by atoms with Crippen molar-refractivity contribution in [1.82, 2.24) is 0 Å². The first-order valence-electron chi connectivity index (χ1n) is 2.82. The smallest absolute Gasteiger partial charge is 0.107 e. The molecule has 0 aliphatic heterocycles. The van der Waals surface area contributed by atoms with Crippen molar-refractivity contribution in [3.63, 3.8) is 0 Å². The molecule has 0 atom stereocenters. The van der Waals surface area contributed by atoms with Crippen LogP contribution in [0.3, 0.4) is 0 Å². The van der Waals surface area contributed by atoms with Gasteiger partial charge in [-0.25, -0.2) is 0 Å². The molecule has 0 bridgehead atoms. The summed E-state index contributed by atoms with van der Waals surface area (Å²) in [5.41, 5.74) is 0. The summed E-state index contributed by atoms with van der Waals surface area (Å²) >= 11 is 0. The lowest BCUT2D eigenvalue weighted by Gasteiger charge is -1.91. The van der Waals surface area contributed by atoms with Crippen LogP contribution < -0.4 is 0 Å². The predicted octanol–water partition coefficient (Wildman–Crippen LogP) is 1.05. The van der Waals surface area contributed by atoms with Crippen molar-refractivity contribution in [1.29, 1.82) is 0 Å². The van der Waals surface area contributed by atoms with E-state index in [0.717, 1.165) is 0 Å². The third kappa shape index (κ3) is 7.08. The topological polar surface area (TPSA) is 9.23 Å². The molecule has 0 amide bonds. The molecule has 0 aliphatic rings. The second-order valence-corrected chi connectivity index (χ2v) is 1.43. The minimum Gasteiger partial charge on any atom is -0.368 e. The van der Waals surface area contributed by atoms with Crippen molar-refractivity contribution >= 4 is 0 Å². The summed E-state index contributed by atoms with van der Waals surface area (Å²) in [5.74, 6) is 7.96. The van der Waals surface area contributed by atoms with Crippen LogP contribution >= 0.6 is 0 Å². The predicted molar refractivity (Wildman–Crippen MR) is 37.7 cm³/mol. The van der Waals surface area contributed by atoms with Gasteiger partial charge in [-0.1, -0.05) is 5.92 Å². The molecule has 0 rings (SSSR count). The van der Waals surface area contributed by atoms with Gasteiger partial charge in [-0.15, -0.1) is 18.3 Å². The summed E-state index contributed by atoms with van der Waals surface area (Å²) in [6, 6.07) is 0. The SMILES string of the molecule is C#CCCOCC#CC. The van der Waals surface area contributed by atoms with E-state index < -0.39 is 0 Å². The summed E-state index contributed by atoms with van der Waals surface area (Å²) in [7, 11) is 0. The Bertz CT molecular complexity index is 142. The Morgan fingerprint density at radius 2 is 2.33 bits per heavy atom. The minimum absolute atomic E-state index is 0.498. The molecule has 0 aliphatic carbocycles. The Kier molecular flexibility index (Phi) is 6.36. The molecular formula is C8H10O. The van der Waals surface area contributed by atoms with Crippen LogP contribution in [0.25, 0.3) is 0 Å². The minimum atomic E-state index is 0.498. The van der Waals surface area contributed by atoms with Crippen LogP contribution in [0, 0.1) is 24.2 Å². The Morgan fingerprint density at radius 3 is 2.89 bits per heavy atom. The van der Waals surface area contributed by atoms with Crippen LogP contribution in [0.4, 0.5) is 0 Å². The Hall–Kier alpha value is -0.920. The highest BCUT2D eigenvalue weighted by Crippen LogP contribution is 1.77. The summed E-state index contributed by atoms with van der Waals surface area (Å²) in [4.78, 5) is 0. The van der Waals surface area contributed by atoms with Crippen molar-refractivity contribution in [2.24, 2.45) is 0 Å². The lowest BCUT2D eigenvalue weighted by molar-refractivity contribution is 0.174. The number of hydrogen-bond donors (Lipinski definition) is 0. The van der Waals surface area contributed by atoms with E-state index in [1.807, 2.05) is 0 Å². The Labute approximate surface area is 56.4 Å². The quantitative estimate of drug-likeness (QED) is 0.401. The Morgan fingerprint density at radius 1 is 1.56 bits per heavy atom. The van der Waals surface area contributed by atoms with E-state index in [0.29, 0.717) is 19.6 Å². The Balaban J connectivity index is 2.91. The first-order valence-corrected chi connectivity index (χ1v) is 2.82. The fourth-order valence-electron chi connectivity index (χ4n) is 0.326. The average molecular weight is 122 g/mol. The maximum atomic E-state index is 5.00. The summed E-state index contributed by atoms with van der Waals surface area (Å²) in [5, 5.41) is 0. The normalized spacial score (nSPS) is 7.11. The van der Waals surface area contributed by atoms with Crippen LogP contribution in [0.2, 0.25) is 0 Å². The molecule has 48 valence electrons. The van der Waals surface area contributed by atoms with Gasteiger partial charge in [-0.05, 0) is 6.92 Å². The maximum absolute atomic E-state index is 5.00. The van der Waals surface area contributed by atoms with Crippen LogP contribution in [0.1, 0.15) is 13.3 Å². The van der Waals surface area contributed by atoms with Gasteiger partial charge in [0.1, 0.15) is 6.61 Å². The van der Waals surface area contributed by atoms with E-state index in [1.54, 1.807) is 6.92 Å². The molecule has 0 spiro atoms. The first kappa shape index (κ1) is 8.08. The highest BCUT2D eigenvalue weighted by Gasteiger charge is 1.78. The highest BCUT2D eigenvalue weighted by atomic mass is 16.5. The molecule has 9 heavy (non-hydrogen) atoms. The van der Waals surface area contributed by atoms with Crippen LogP contribution in [0.5, 0.6) is 0 Å². The lowest BCUT2D eigenvalue weighted by Crippen LogP contribution is -1.92. The molecule has 0 aromatic carbocycles. The lowest BCUT2D eigenvalue weighted by atomic mass is 10.5. The molecule has 0 N–H and O–H groups in total. The third-order valence-corrected chi connectivity index (χ3v) is 0.742. The van der Waals surface area contributed by atoms with E-state index in [4.69, 9.17) is 11.2 Å². The summed E-state index contributed by atoms with van der Waals surface area (Å²) < 4.78 is 5.00. The fraction of sp³-hybridized carbons (Fsp3) is 0.500. The molecule has 0 aromatic heterocycles. The van der Waals surface area contributed by atoms with Gasteiger partial charge in [0.15, 0.2) is 0 Å². The molecule has 0 unspecified atom stereocenters. The zero-order valence-corrected chi connectivity index (χ0v) is 5.61. The van der Waals surface area contributed by atoms with E-state index in [2.05, 4.69) is 17.8 Å². The summed E-state index contributed by atoms with van der Waals surface area (Å²) in [6.07, 6.45) is 5.65. The van der Waals surface area contributed by atoms with Gasteiger partial charge in [-0.3, -0.25) is 0 Å². The first-order chi connectivity index (χ1) is 4.41. The van der Waals surface area contributed by atoms with Crippen molar-refractivity contribution in [3.8, 4) is 24.2 Å². The van der Waals surface area contributed by atoms with Gasteiger partial charge in [-0.2, -0.15) is 0 Å². The fourth-order valence-corrected chi connectivity index (χ4v) is 0.326. The molecule has 0 saturated carbocycles. The van der Waals surface area contributed by atoms with Crippen LogP contribution in [-0.4, -0.2) is 13.2 Å². The third-order valence-electron chi connectivity index (χ3n) is 0.742. The number of terminal acetylenes is 1. The zero-order chi connectivity index (χ0) is 6.95. The maximum Gasteiger partial charge on any atom is 0.107 e. The van der Waals surface area contributed by atoms with Gasteiger partial charge >= 0.3 is 0 Å².